The number of anilines is 1. The van der Waals surface area contributed by atoms with Gasteiger partial charge in [0.25, 0.3) is 0 Å². The Morgan fingerprint density at radius 1 is 1.35 bits per heavy atom. The number of nitrogens with zero attached hydrogens (tertiary/aromatic N) is 2. The molecule has 0 heterocycles. The summed E-state index contributed by atoms with van der Waals surface area (Å²) in [5, 5.41) is 0. The first-order valence-electron chi connectivity index (χ1n) is 5.56. The Labute approximate surface area is 103 Å². The zero-order chi connectivity index (χ0) is 13.1. The van der Waals surface area contributed by atoms with Crippen LogP contribution in [-0.4, -0.2) is 25.7 Å². The third-order valence-corrected chi connectivity index (χ3v) is 2.23. The van der Waals surface area contributed by atoms with Crippen LogP contribution in [0.3, 0.4) is 0 Å². The number of nitrogens with two attached hydrogens (primary N) is 1. The summed E-state index contributed by atoms with van der Waals surface area (Å²) < 4.78 is 5.18. The maximum atomic E-state index is 5.96. The average molecular weight is 235 g/mol. The van der Waals surface area contributed by atoms with E-state index in [1.54, 1.807) is 7.11 Å². The summed E-state index contributed by atoms with van der Waals surface area (Å²) in [4.78, 5) is 6.26. The molecule has 0 atom stereocenters. The van der Waals surface area contributed by atoms with Crippen LogP contribution in [0.5, 0.6) is 5.75 Å². The third-order valence-electron chi connectivity index (χ3n) is 2.23. The third kappa shape index (κ3) is 3.98. The summed E-state index contributed by atoms with van der Waals surface area (Å²) in [6, 6.07) is 7.71. The number of hydrogen-bond acceptors (Lipinski definition) is 2. The van der Waals surface area contributed by atoms with Crippen LogP contribution in [0.25, 0.3) is 0 Å². The lowest BCUT2D eigenvalue weighted by atomic mass is 10.1. The van der Waals surface area contributed by atoms with Crippen LogP contribution in [0.2, 0.25) is 0 Å². The predicted octanol–water partition coefficient (Wildman–Crippen LogP) is 2.24. The molecule has 0 amide bonds. The minimum atomic E-state index is -0.183. The fourth-order valence-corrected chi connectivity index (χ4v) is 1.37. The Morgan fingerprint density at radius 2 is 2.00 bits per heavy atom. The normalized spacial score (nSPS) is 12.4. The van der Waals surface area contributed by atoms with Crippen molar-refractivity contribution in [1.29, 1.82) is 0 Å². The second-order valence-electron chi connectivity index (χ2n) is 4.90. The SMILES string of the molecule is COc1cccc(N(C)C(N)=NC(C)(C)C)c1. The van der Waals surface area contributed by atoms with Crippen molar-refractivity contribution >= 4 is 11.6 Å². The molecule has 0 aromatic heterocycles. The first-order chi connectivity index (χ1) is 7.83. The van der Waals surface area contributed by atoms with E-state index in [4.69, 9.17) is 10.5 Å². The van der Waals surface area contributed by atoms with Crippen molar-refractivity contribution in [2.24, 2.45) is 10.7 Å². The van der Waals surface area contributed by atoms with Gasteiger partial charge < -0.3 is 15.4 Å². The number of methoxy groups -OCH3 is 1. The number of hydrogen-bond donors (Lipinski definition) is 1. The molecule has 17 heavy (non-hydrogen) atoms. The molecule has 0 bridgehead atoms. The lowest BCUT2D eigenvalue weighted by molar-refractivity contribution is 0.415. The molecule has 0 spiro atoms. The first-order valence-corrected chi connectivity index (χ1v) is 5.56. The molecule has 0 aliphatic rings. The average Bonchev–Trinajstić information content (AvgIpc) is 2.26. The molecule has 0 saturated heterocycles. The summed E-state index contributed by atoms with van der Waals surface area (Å²) in [7, 11) is 3.53. The van der Waals surface area contributed by atoms with Crippen LogP contribution in [-0.2, 0) is 0 Å². The maximum absolute atomic E-state index is 5.96. The molecule has 0 aliphatic heterocycles. The highest BCUT2D eigenvalue weighted by Gasteiger charge is 2.12. The monoisotopic (exact) mass is 235 g/mol. The molecule has 0 aliphatic carbocycles. The van der Waals surface area contributed by atoms with Crippen molar-refractivity contribution in [2.45, 2.75) is 26.3 Å². The molecule has 2 N–H and O–H groups in total. The van der Waals surface area contributed by atoms with Crippen molar-refractivity contribution in [1.82, 2.24) is 0 Å². The van der Waals surface area contributed by atoms with Gasteiger partial charge in [0.05, 0.1) is 12.6 Å². The predicted molar refractivity (Wildman–Crippen MR) is 72.8 cm³/mol. The van der Waals surface area contributed by atoms with Gasteiger partial charge in [0.15, 0.2) is 5.96 Å². The molecule has 1 aromatic rings. The van der Waals surface area contributed by atoms with Gasteiger partial charge in [-0.15, -0.1) is 0 Å². The summed E-state index contributed by atoms with van der Waals surface area (Å²) in [5.74, 6) is 1.30. The van der Waals surface area contributed by atoms with Crippen molar-refractivity contribution in [2.75, 3.05) is 19.1 Å². The Morgan fingerprint density at radius 3 is 2.53 bits per heavy atom. The molecule has 0 fully saturated rings. The van der Waals surface area contributed by atoms with Crippen molar-refractivity contribution in [3.05, 3.63) is 24.3 Å². The van der Waals surface area contributed by atoms with E-state index in [2.05, 4.69) is 4.99 Å². The molecular formula is C13H21N3O. The molecule has 0 unspecified atom stereocenters. The van der Waals surface area contributed by atoms with Crippen LogP contribution < -0.4 is 15.4 Å². The molecule has 4 heteroatoms. The van der Waals surface area contributed by atoms with Crippen molar-refractivity contribution < 1.29 is 4.74 Å². The van der Waals surface area contributed by atoms with Crippen LogP contribution in [0.1, 0.15) is 20.8 Å². The zero-order valence-electron chi connectivity index (χ0n) is 11.2. The summed E-state index contributed by atoms with van der Waals surface area (Å²) >= 11 is 0. The van der Waals surface area contributed by atoms with Gasteiger partial charge in [-0.3, -0.25) is 0 Å². The van der Waals surface area contributed by atoms with Gasteiger partial charge in [0, 0.05) is 18.8 Å². The largest absolute Gasteiger partial charge is 0.497 e. The van der Waals surface area contributed by atoms with E-state index in [1.165, 1.54) is 0 Å². The van der Waals surface area contributed by atoms with E-state index in [0.717, 1.165) is 11.4 Å². The second kappa shape index (κ2) is 5.08. The Kier molecular flexibility index (Phi) is 3.99. The highest BCUT2D eigenvalue weighted by Crippen LogP contribution is 2.20. The molecule has 1 aromatic carbocycles. The molecule has 1 rings (SSSR count). The van der Waals surface area contributed by atoms with E-state index in [-0.39, 0.29) is 5.54 Å². The number of rotatable bonds is 2. The summed E-state index contributed by atoms with van der Waals surface area (Å²) in [6.07, 6.45) is 0. The van der Waals surface area contributed by atoms with Gasteiger partial charge in [-0.05, 0) is 32.9 Å². The van der Waals surface area contributed by atoms with Crippen LogP contribution in [0.15, 0.2) is 29.3 Å². The standard InChI is InChI=1S/C13H21N3O/c1-13(2,3)15-12(14)16(4)10-7-6-8-11(9-10)17-5/h6-9H,1-5H3,(H2,14,15). The lowest BCUT2D eigenvalue weighted by Crippen LogP contribution is -2.36. The number of guanidine groups is 1. The van der Waals surface area contributed by atoms with Gasteiger partial charge in [-0.25, -0.2) is 4.99 Å². The molecular weight excluding hydrogens is 214 g/mol. The minimum absolute atomic E-state index is 0.183. The van der Waals surface area contributed by atoms with Crippen molar-refractivity contribution in [3.63, 3.8) is 0 Å². The van der Waals surface area contributed by atoms with E-state index >= 15 is 0 Å². The van der Waals surface area contributed by atoms with Crippen LogP contribution in [0.4, 0.5) is 5.69 Å². The van der Waals surface area contributed by atoms with Crippen LogP contribution >= 0.6 is 0 Å². The van der Waals surface area contributed by atoms with Gasteiger partial charge in [-0.1, -0.05) is 6.07 Å². The van der Waals surface area contributed by atoms with Crippen molar-refractivity contribution in [3.8, 4) is 5.75 Å². The van der Waals surface area contributed by atoms with Crippen LogP contribution in [0, 0.1) is 0 Å². The van der Waals surface area contributed by atoms with E-state index in [9.17, 15) is 0 Å². The zero-order valence-corrected chi connectivity index (χ0v) is 11.2. The number of aliphatic imine (C=N–C) groups is 1. The lowest BCUT2D eigenvalue weighted by Gasteiger charge is -2.22. The molecule has 0 radical (unpaired) electrons. The second-order valence-corrected chi connectivity index (χ2v) is 4.90. The Bertz CT molecular complexity index is 407. The van der Waals surface area contributed by atoms with Gasteiger partial charge in [0.2, 0.25) is 0 Å². The van der Waals surface area contributed by atoms with Gasteiger partial charge >= 0.3 is 0 Å². The van der Waals surface area contributed by atoms with E-state index < -0.39 is 0 Å². The Hall–Kier alpha value is -1.71. The smallest absolute Gasteiger partial charge is 0.196 e. The number of ether oxygens (including phenoxy) is 1. The summed E-state index contributed by atoms with van der Waals surface area (Å²) in [5.41, 5.74) is 6.73. The molecule has 94 valence electrons. The first kappa shape index (κ1) is 13.4. The fraction of sp³-hybridized carbons (Fsp3) is 0.462. The van der Waals surface area contributed by atoms with E-state index in [0.29, 0.717) is 5.96 Å². The van der Waals surface area contributed by atoms with Gasteiger partial charge in [0.1, 0.15) is 5.75 Å². The highest BCUT2D eigenvalue weighted by molar-refractivity contribution is 5.94. The minimum Gasteiger partial charge on any atom is -0.497 e. The maximum Gasteiger partial charge on any atom is 0.196 e. The Balaban J connectivity index is 2.96. The number of benzene rings is 1. The quantitative estimate of drug-likeness (QED) is 0.632. The van der Waals surface area contributed by atoms with E-state index in [1.807, 2.05) is 57.0 Å². The highest BCUT2D eigenvalue weighted by atomic mass is 16.5. The molecule has 0 saturated carbocycles. The fourth-order valence-electron chi connectivity index (χ4n) is 1.37. The topological polar surface area (TPSA) is 50.9 Å². The molecule has 4 nitrogen and oxygen atoms in total. The van der Waals surface area contributed by atoms with Gasteiger partial charge in [-0.2, -0.15) is 0 Å². The summed E-state index contributed by atoms with van der Waals surface area (Å²) in [6.45, 7) is 6.04.